The van der Waals surface area contributed by atoms with E-state index in [0.29, 0.717) is 0 Å². The number of fused-ring (bicyclic) bond motifs is 1. The highest BCUT2D eigenvalue weighted by molar-refractivity contribution is 7.71. The maximum Gasteiger partial charge on any atom is 0.179 e. The number of hydrogen-bond donors (Lipinski definition) is 1. The van der Waals surface area contributed by atoms with Crippen LogP contribution in [0, 0.1) is 4.77 Å². The largest absolute Gasteiger partial charge is 0.328 e. The zero-order valence-corrected chi connectivity index (χ0v) is 12.5. The van der Waals surface area contributed by atoms with Gasteiger partial charge in [-0.05, 0) is 44.6 Å². The highest BCUT2D eigenvalue weighted by atomic mass is 32.1. The lowest BCUT2D eigenvalue weighted by atomic mass is 10.3. The molecule has 104 valence electrons. The predicted molar refractivity (Wildman–Crippen MR) is 78.9 cm³/mol. The van der Waals surface area contributed by atoms with E-state index >= 15 is 0 Å². The first kappa shape index (κ1) is 12.9. The molecular formula is C13H21N5S. The van der Waals surface area contributed by atoms with Crippen LogP contribution in [0.25, 0.3) is 11.2 Å². The highest BCUT2D eigenvalue weighted by Gasteiger charge is 2.16. The molecule has 0 saturated carbocycles. The first-order valence-corrected chi connectivity index (χ1v) is 7.48. The molecule has 1 saturated heterocycles. The van der Waals surface area contributed by atoms with E-state index < -0.39 is 0 Å². The van der Waals surface area contributed by atoms with Gasteiger partial charge in [0.05, 0.1) is 5.69 Å². The van der Waals surface area contributed by atoms with E-state index in [9.17, 15) is 0 Å². The Hall–Kier alpha value is -1.14. The van der Waals surface area contributed by atoms with Gasteiger partial charge < -0.3 is 14.5 Å². The van der Waals surface area contributed by atoms with Gasteiger partial charge in [-0.2, -0.15) is 5.10 Å². The van der Waals surface area contributed by atoms with Crippen molar-refractivity contribution in [1.29, 1.82) is 0 Å². The Morgan fingerprint density at radius 2 is 2.00 bits per heavy atom. The lowest BCUT2D eigenvalue weighted by molar-refractivity contribution is 0.323. The smallest absolute Gasteiger partial charge is 0.179 e. The van der Waals surface area contributed by atoms with E-state index in [0.717, 1.165) is 41.1 Å². The minimum Gasteiger partial charge on any atom is -0.328 e. The van der Waals surface area contributed by atoms with Gasteiger partial charge in [-0.1, -0.05) is 6.92 Å². The summed E-state index contributed by atoms with van der Waals surface area (Å²) in [6, 6.07) is 0. The molecule has 0 radical (unpaired) electrons. The summed E-state index contributed by atoms with van der Waals surface area (Å²) in [5, 5.41) is 4.55. The van der Waals surface area contributed by atoms with Crippen LogP contribution in [-0.4, -0.2) is 43.9 Å². The van der Waals surface area contributed by atoms with Crippen molar-refractivity contribution in [2.45, 2.75) is 32.7 Å². The van der Waals surface area contributed by atoms with Gasteiger partial charge in [0.2, 0.25) is 0 Å². The van der Waals surface area contributed by atoms with Gasteiger partial charge in [-0.25, -0.2) is 0 Å². The van der Waals surface area contributed by atoms with Gasteiger partial charge in [-0.15, -0.1) is 0 Å². The van der Waals surface area contributed by atoms with E-state index in [2.05, 4.69) is 26.5 Å². The van der Waals surface area contributed by atoms with Crippen molar-refractivity contribution < 1.29 is 0 Å². The van der Waals surface area contributed by atoms with Crippen LogP contribution >= 0.6 is 12.2 Å². The summed E-state index contributed by atoms with van der Waals surface area (Å²) in [5.41, 5.74) is 3.33. The van der Waals surface area contributed by atoms with E-state index in [-0.39, 0.29) is 0 Å². The molecular weight excluding hydrogens is 258 g/mol. The van der Waals surface area contributed by atoms with Gasteiger partial charge in [0, 0.05) is 20.1 Å². The minimum absolute atomic E-state index is 0.817. The summed E-state index contributed by atoms with van der Waals surface area (Å²) in [6.45, 7) is 6.61. The molecule has 1 aliphatic rings. The second kappa shape index (κ2) is 5.09. The van der Waals surface area contributed by atoms with Crippen LogP contribution in [-0.2, 0) is 20.0 Å². The normalized spacial score (nSPS) is 16.7. The van der Waals surface area contributed by atoms with Crippen molar-refractivity contribution >= 4 is 23.4 Å². The summed E-state index contributed by atoms with van der Waals surface area (Å²) in [6.07, 6.45) is 3.60. The van der Waals surface area contributed by atoms with Crippen molar-refractivity contribution in [2.24, 2.45) is 7.05 Å². The number of nitrogens with zero attached hydrogens (tertiary/aromatic N) is 4. The third kappa shape index (κ3) is 2.23. The fourth-order valence-corrected chi connectivity index (χ4v) is 3.26. The Bertz CT molecular complexity index is 629. The molecule has 0 bridgehead atoms. The number of H-pyrrole nitrogens is 1. The summed E-state index contributed by atoms with van der Waals surface area (Å²) in [5.74, 6) is 0. The first-order chi connectivity index (χ1) is 9.20. The Balaban J connectivity index is 1.91. The molecule has 6 heteroatoms. The van der Waals surface area contributed by atoms with Crippen molar-refractivity contribution in [3.8, 4) is 0 Å². The summed E-state index contributed by atoms with van der Waals surface area (Å²) >= 11 is 5.46. The van der Waals surface area contributed by atoms with E-state index in [1.807, 2.05) is 11.7 Å². The van der Waals surface area contributed by atoms with Crippen LogP contribution < -0.4 is 0 Å². The molecule has 0 spiro atoms. The van der Waals surface area contributed by atoms with E-state index in [1.54, 1.807) is 0 Å². The maximum absolute atomic E-state index is 5.46. The number of aromatic nitrogens is 4. The predicted octanol–water partition coefficient (Wildman–Crippen LogP) is 2.09. The fourth-order valence-electron chi connectivity index (χ4n) is 2.98. The van der Waals surface area contributed by atoms with Crippen LogP contribution in [0.2, 0.25) is 0 Å². The maximum atomic E-state index is 5.46. The van der Waals surface area contributed by atoms with Gasteiger partial charge in [0.25, 0.3) is 0 Å². The van der Waals surface area contributed by atoms with Crippen LogP contribution in [0.1, 0.15) is 25.5 Å². The van der Waals surface area contributed by atoms with Crippen molar-refractivity contribution in [2.75, 3.05) is 19.6 Å². The SMILES string of the molecule is CCc1nn(C)c2c1[nH]c(=S)n2CCN1CCCC1. The van der Waals surface area contributed by atoms with Gasteiger partial charge >= 0.3 is 0 Å². The number of imidazole rings is 1. The molecule has 2 aromatic rings. The topological polar surface area (TPSA) is 41.8 Å². The minimum atomic E-state index is 0.817. The van der Waals surface area contributed by atoms with Crippen molar-refractivity contribution in [1.82, 2.24) is 24.2 Å². The summed E-state index contributed by atoms with van der Waals surface area (Å²) < 4.78 is 4.96. The number of rotatable bonds is 4. The molecule has 19 heavy (non-hydrogen) atoms. The lowest BCUT2D eigenvalue weighted by Gasteiger charge is -2.14. The van der Waals surface area contributed by atoms with Gasteiger partial charge in [-0.3, -0.25) is 4.68 Å². The molecule has 1 N–H and O–H groups in total. The number of aryl methyl sites for hydroxylation is 2. The van der Waals surface area contributed by atoms with E-state index in [1.165, 1.54) is 25.9 Å². The molecule has 3 rings (SSSR count). The Labute approximate surface area is 118 Å². The number of hydrogen-bond acceptors (Lipinski definition) is 3. The third-order valence-electron chi connectivity index (χ3n) is 4.00. The van der Waals surface area contributed by atoms with Crippen molar-refractivity contribution in [3.63, 3.8) is 0 Å². The molecule has 2 aromatic heterocycles. The fraction of sp³-hybridized carbons (Fsp3) is 0.692. The highest BCUT2D eigenvalue weighted by Crippen LogP contribution is 2.18. The molecule has 0 atom stereocenters. The summed E-state index contributed by atoms with van der Waals surface area (Å²) in [4.78, 5) is 5.83. The van der Waals surface area contributed by atoms with Crippen LogP contribution in [0.5, 0.6) is 0 Å². The molecule has 1 aliphatic heterocycles. The third-order valence-corrected chi connectivity index (χ3v) is 4.32. The van der Waals surface area contributed by atoms with Crippen LogP contribution in [0.3, 0.4) is 0 Å². The molecule has 0 aliphatic carbocycles. The van der Waals surface area contributed by atoms with Gasteiger partial charge in [0.15, 0.2) is 10.4 Å². The second-order valence-corrected chi connectivity index (χ2v) is 5.64. The molecule has 0 amide bonds. The molecule has 1 fully saturated rings. The Morgan fingerprint density at radius 3 is 2.68 bits per heavy atom. The number of aromatic amines is 1. The number of nitrogens with one attached hydrogen (secondary N) is 1. The van der Waals surface area contributed by atoms with Gasteiger partial charge in [0.1, 0.15) is 5.52 Å². The molecule has 3 heterocycles. The second-order valence-electron chi connectivity index (χ2n) is 5.25. The average molecular weight is 279 g/mol. The monoisotopic (exact) mass is 279 g/mol. The zero-order valence-electron chi connectivity index (χ0n) is 11.6. The quantitative estimate of drug-likeness (QED) is 0.871. The Kier molecular flexibility index (Phi) is 3.45. The lowest BCUT2D eigenvalue weighted by Crippen LogP contribution is -2.24. The molecule has 0 unspecified atom stereocenters. The zero-order chi connectivity index (χ0) is 13.4. The molecule has 0 aromatic carbocycles. The molecule has 5 nitrogen and oxygen atoms in total. The van der Waals surface area contributed by atoms with E-state index in [4.69, 9.17) is 12.2 Å². The first-order valence-electron chi connectivity index (χ1n) is 7.07. The Morgan fingerprint density at radius 1 is 1.26 bits per heavy atom. The van der Waals surface area contributed by atoms with Crippen LogP contribution in [0.4, 0.5) is 0 Å². The van der Waals surface area contributed by atoms with Crippen LogP contribution in [0.15, 0.2) is 0 Å². The van der Waals surface area contributed by atoms with Crippen molar-refractivity contribution in [3.05, 3.63) is 10.5 Å². The average Bonchev–Trinajstić information content (AvgIpc) is 3.06. The standard InChI is InChI=1S/C13H21N5S/c1-3-10-11-12(16(2)15-10)18(13(19)14-11)9-8-17-6-4-5-7-17/h3-9H2,1-2H3,(H,14,19). The number of likely N-dealkylation sites (tertiary alicyclic amines) is 1. The summed E-state index contributed by atoms with van der Waals surface area (Å²) in [7, 11) is 2.00.